The molecule has 0 unspecified atom stereocenters. The average Bonchev–Trinajstić information content (AvgIpc) is 3.52. The number of nitrogens with zero attached hydrogens (tertiary/aromatic N) is 6. The molecule has 4 heterocycles. The maximum atomic E-state index is 13.5. The number of imidazole rings is 1. The first-order valence-corrected chi connectivity index (χ1v) is 11.1. The molecular formula is C21H22N6O4S. The topological polar surface area (TPSA) is 104 Å². The molecule has 1 atom stereocenters. The van der Waals surface area contributed by atoms with E-state index < -0.39 is 17.8 Å². The number of benzene rings is 1. The molecule has 3 aromatic heterocycles. The van der Waals surface area contributed by atoms with Gasteiger partial charge in [-0.2, -0.15) is 0 Å². The van der Waals surface area contributed by atoms with Crippen LogP contribution in [-0.4, -0.2) is 48.8 Å². The Labute approximate surface area is 186 Å². The van der Waals surface area contributed by atoms with Gasteiger partial charge in [0.15, 0.2) is 16.3 Å². The van der Waals surface area contributed by atoms with Crippen LogP contribution in [0.3, 0.4) is 0 Å². The van der Waals surface area contributed by atoms with Gasteiger partial charge in [0.25, 0.3) is 5.56 Å². The summed E-state index contributed by atoms with van der Waals surface area (Å²) < 4.78 is 10.5. The van der Waals surface area contributed by atoms with Crippen molar-refractivity contribution in [2.75, 3.05) is 18.1 Å². The third-order valence-electron chi connectivity index (χ3n) is 5.72. The Bertz CT molecular complexity index is 1410. The van der Waals surface area contributed by atoms with Crippen molar-refractivity contribution in [1.82, 2.24) is 23.7 Å². The van der Waals surface area contributed by atoms with E-state index in [0.29, 0.717) is 18.3 Å². The quantitative estimate of drug-likeness (QED) is 0.450. The summed E-state index contributed by atoms with van der Waals surface area (Å²) in [6.07, 6.45) is 3.15. The van der Waals surface area contributed by atoms with Crippen LogP contribution >= 0.6 is 11.3 Å². The minimum absolute atomic E-state index is 0.106. The maximum Gasteiger partial charge on any atom is 0.332 e. The van der Waals surface area contributed by atoms with E-state index in [9.17, 15) is 14.4 Å². The van der Waals surface area contributed by atoms with E-state index in [2.05, 4.69) is 9.97 Å². The predicted octanol–water partition coefficient (Wildman–Crippen LogP) is 1.26. The summed E-state index contributed by atoms with van der Waals surface area (Å²) in [4.78, 5) is 49.7. The van der Waals surface area contributed by atoms with Gasteiger partial charge in [0.2, 0.25) is 5.91 Å². The van der Waals surface area contributed by atoms with Gasteiger partial charge in [-0.1, -0.05) is 23.5 Å². The first kappa shape index (κ1) is 20.6. The number of thiazole rings is 1. The third kappa shape index (κ3) is 3.43. The highest BCUT2D eigenvalue weighted by molar-refractivity contribution is 7.22. The lowest BCUT2D eigenvalue weighted by atomic mass is 10.2. The Morgan fingerprint density at radius 3 is 2.84 bits per heavy atom. The Morgan fingerprint density at radius 1 is 1.28 bits per heavy atom. The van der Waals surface area contributed by atoms with Gasteiger partial charge in [-0.15, -0.1) is 0 Å². The maximum absolute atomic E-state index is 13.5. The summed E-state index contributed by atoms with van der Waals surface area (Å²) in [7, 11) is 3.22. The Kier molecular flexibility index (Phi) is 5.14. The lowest BCUT2D eigenvalue weighted by Gasteiger charge is -2.23. The van der Waals surface area contributed by atoms with Gasteiger partial charge in [-0.3, -0.25) is 19.1 Å². The number of hydrogen-bond donors (Lipinski definition) is 0. The van der Waals surface area contributed by atoms with Gasteiger partial charge < -0.3 is 9.30 Å². The molecule has 0 N–H and O–H groups in total. The van der Waals surface area contributed by atoms with Crippen molar-refractivity contribution in [3.8, 4) is 0 Å². The molecule has 1 fully saturated rings. The van der Waals surface area contributed by atoms with Crippen LogP contribution < -0.4 is 16.1 Å². The number of hydrogen-bond acceptors (Lipinski definition) is 7. The van der Waals surface area contributed by atoms with Gasteiger partial charge in [0, 0.05) is 20.7 Å². The molecule has 0 aliphatic carbocycles. The normalized spacial score (nSPS) is 16.2. The van der Waals surface area contributed by atoms with Crippen molar-refractivity contribution in [2.45, 2.75) is 25.5 Å². The standard InChI is InChI=1S/C21H22N6O4S/c1-24-12-22-18-17(24)19(29)27(21(30)25(18)2)11-16(28)26(10-13-6-5-9-31-13)20-23-14-7-3-4-8-15(14)32-20/h3-4,7-8,12-13H,5-6,9-11H2,1-2H3/t13-/m0/s1. The van der Waals surface area contributed by atoms with Gasteiger partial charge in [0.05, 0.1) is 29.2 Å². The minimum atomic E-state index is -0.587. The molecule has 1 aliphatic heterocycles. The molecule has 166 valence electrons. The Balaban J connectivity index is 1.55. The highest BCUT2D eigenvalue weighted by Gasteiger charge is 2.27. The van der Waals surface area contributed by atoms with E-state index in [4.69, 9.17) is 4.74 Å². The van der Waals surface area contributed by atoms with Crippen LogP contribution in [0.25, 0.3) is 21.4 Å². The number of aromatic nitrogens is 5. The van der Waals surface area contributed by atoms with Crippen LogP contribution in [0.15, 0.2) is 40.2 Å². The second kappa shape index (κ2) is 7.99. The number of anilines is 1. The molecule has 5 rings (SSSR count). The smallest absolute Gasteiger partial charge is 0.332 e. The van der Waals surface area contributed by atoms with Crippen molar-refractivity contribution in [2.24, 2.45) is 14.1 Å². The Morgan fingerprint density at radius 2 is 2.09 bits per heavy atom. The number of fused-ring (bicyclic) bond motifs is 2. The molecule has 11 heteroatoms. The molecule has 0 saturated carbocycles. The number of aryl methyl sites for hydroxylation is 2. The fraction of sp³-hybridized carbons (Fsp3) is 0.381. The molecule has 10 nitrogen and oxygen atoms in total. The van der Waals surface area contributed by atoms with E-state index in [1.54, 1.807) is 16.5 Å². The largest absolute Gasteiger partial charge is 0.376 e. The van der Waals surface area contributed by atoms with Crippen molar-refractivity contribution in [3.05, 3.63) is 51.4 Å². The summed E-state index contributed by atoms with van der Waals surface area (Å²) in [5.41, 5.74) is 0.218. The minimum Gasteiger partial charge on any atom is -0.376 e. The predicted molar refractivity (Wildman–Crippen MR) is 121 cm³/mol. The number of ether oxygens (including phenoxy) is 1. The lowest BCUT2D eigenvalue weighted by molar-refractivity contribution is -0.119. The van der Waals surface area contributed by atoms with Crippen molar-refractivity contribution >= 4 is 43.8 Å². The zero-order chi connectivity index (χ0) is 22.4. The van der Waals surface area contributed by atoms with Crippen LogP contribution in [0, 0.1) is 0 Å². The third-order valence-corrected chi connectivity index (χ3v) is 6.78. The van der Waals surface area contributed by atoms with Gasteiger partial charge in [0.1, 0.15) is 6.54 Å². The molecule has 0 spiro atoms. The fourth-order valence-electron chi connectivity index (χ4n) is 4.01. The lowest BCUT2D eigenvalue weighted by Crippen LogP contribution is -2.46. The van der Waals surface area contributed by atoms with E-state index in [-0.39, 0.29) is 23.2 Å². The molecular weight excluding hydrogens is 432 g/mol. The summed E-state index contributed by atoms with van der Waals surface area (Å²) in [5, 5.41) is 0.526. The number of para-hydroxylation sites is 1. The second-order valence-corrected chi connectivity index (χ2v) is 8.87. The molecule has 0 bridgehead atoms. The summed E-state index contributed by atoms with van der Waals surface area (Å²) >= 11 is 1.40. The van der Waals surface area contributed by atoms with Crippen molar-refractivity contribution < 1.29 is 9.53 Å². The number of amides is 1. The average molecular weight is 455 g/mol. The van der Waals surface area contributed by atoms with Gasteiger partial charge in [-0.05, 0) is 25.0 Å². The van der Waals surface area contributed by atoms with E-state index in [0.717, 1.165) is 27.6 Å². The van der Waals surface area contributed by atoms with E-state index in [1.165, 1.54) is 29.3 Å². The van der Waals surface area contributed by atoms with Crippen LogP contribution in [-0.2, 0) is 30.2 Å². The molecule has 4 aromatic rings. The van der Waals surface area contributed by atoms with Crippen LogP contribution in [0.5, 0.6) is 0 Å². The van der Waals surface area contributed by atoms with Gasteiger partial charge >= 0.3 is 5.69 Å². The number of carbonyl (C=O) groups is 1. The highest BCUT2D eigenvalue weighted by Crippen LogP contribution is 2.30. The zero-order valence-electron chi connectivity index (χ0n) is 17.7. The number of rotatable bonds is 5. The summed E-state index contributed by atoms with van der Waals surface area (Å²) in [5.74, 6) is -0.389. The van der Waals surface area contributed by atoms with E-state index in [1.807, 2.05) is 24.3 Å². The monoisotopic (exact) mass is 454 g/mol. The highest BCUT2D eigenvalue weighted by atomic mass is 32.1. The van der Waals surface area contributed by atoms with Crippen LogP contribution in [0.1, 0.15) is 12.8 Å². The summed E-state index contributed by atoms with van der Waals surface area (Å²) in [6.45, 7) is 0.584. The second-order valence-electron chi connectivity index (χ2n) is 7.86. The Hall–Kier alpha value is -3.31. The number of carbonyl (C=O) groups excluding carboxylic acids is 1. The van der Waals surface area contributed by atoms with Crippen molar-refractivity contribution in [3.63, 3.8) is 0 Å². The molecule has 1 amide bonds. The van der Waals surface area contributed by atoms with Crippen LogP contribution in [0.2, 0.25) is 0 Å². The summed E-state index contributed by atoms with van der Waals surface area (Å²) in [6, 6.07) is 7.65. The van der Waals surface area contributed by atoms with E-state index >= 15 is 0 Å². The molecule has 1 saturated heterocycles. The zero-order valence-corrected chi connectivity index (χ0v) is 18.5. The molecule has 1 aromatic carbocycles. The SMILES string of the molecule is Cn1cnc2c1c(=O)n(CC(=O)N(C[C@@H]1CCCO1)c1nc3ccccc3s1)c(=O)n2C. The van der Waals surface area contributed by atoms with Crippen molar-refractivity contribution in [1.29, 1.82) is 0 Å². The molecule has 0 radical (unpaired) electrons. The fourth-order valence-corrected chi connectivity index (χ4v) is 5.00. The molecule has 32 heavy (non-hydrogen) atoms. The molecule has 1 aliphatic rings. The van der Waals surface area contributed by atoms with Gasteiger partial charge in [-0.25, -0.2) is 19.3 Å². The first-order valence-electron chi connectivity index (χ1n) is 10.3. The van der Waals surface area contributed by atoms with Crippen LogP contribution in [0.4, 0.5) is 5.13 Å². The first-order chi connectivity index (χ1) is 15.4.